The van der Waals surface area contributed by atoms with E-state index in [0.29, 0.717) is 22.5 Å². The maximum absolute atomic E-state index is 9.77. The minimum absolute atomic E-state index is 0.424. The molecular formula is C38H21N5. The van der Waals surface area contributed by atoms with Gasteiger partial charge in [-0.15, -0.1) is 0 Å². The zero-order valence-electron chi connectivity index (χ0n) is 22.9. The van der Waals surface area contributed by atoms with Crippen LogP contribution < -0.4 is 4.90 Å². The molecule has 6 aromatic rings. The lowest BCUT2D eigenvalue weighted by Gasteiger charge is -2.27. The molecule has 5 nitrogen and oxygen atoms in total. The van der Waals surface area contributed by atoms with Crippen molar-refractivity contribution < 1.29 is 0 Å². The summed E-state index contributed by atoms with van der Waals surface area (Å²) in [6, 6.07) is 45.2. The van der Waals surface area contributed by atoms with E-state index in [9.17, 15) is 10.5 Å². The fourth-order valence-electron chi connectivity index (χ4n) is 5.24. The molecule has 0 aliphatic heterocycles. The smallest absolute Gasteiger partial charge is 0.189 e. The molecule has 6 rings (SSSR count). The standard InChI is InChI=1S/C38H21N5/c1-41-32-14-7-27(8-15-32)28-9-16-34(17-10-28)43(38-20-13-30(25-40)36-5-3-4-6-37(36)38)35-18-11-29(12-19-35)31-21-26(24-39)22-33(23-31)42-2/h3-23H. The van der Waals surface area contributed by atoms with E-state index < -0.39 is 0 Å². The molecule has 0 heterocycles. The number of hydrogen-bond donors (Lipinski definition) is 0. The third-order valence-electron chi connectivity index (χ3n) is 7.35. The van der Waals surface area contributed by atoms with Crippen molar-refractivity contribution in [3.05, 3.63) is 161 Å². The highest BCUT2D eigenvalue weighted by molar-refractivity contribution is 6.01. The van der Waals surface area contributed by atoms with Crippen molar-refractivity contribution in [1.82, 2.24) is 0 Å². The Kier molecular flexibility index (Phi) is 7.07. The van der Waals surface area contributed by atoms with Crippen molar-refractivity contribution in [1.29, 1.82) is 10.5 Å². The summed E-state index contributed by atoms with van der Waals surface area (Å²) in [6.45, 7) is 14.6. The molecule has 0 aromatic heterocycles. The summed E-state index contributed by atoms with van der Waals surface area (Å²) in [5.74, 6) is 0. The highest BCUT2D eigenvalue weighted by Crippen LogP contribution is 2.41. The molecule has 43 heavy (non-hydrogen) atoms. The van der Waals surface area contributed by atoms with Gasteiger partial charge in [0.05, 0.1) is 36.5 Å². The van der Waals surface area contributed by atoms with Gasteiger partial charge in [0.2, 0.25) is 0 Å². The molecule has 0 N–H and O–H groups in total. The molecule has 198 valence electrons. The monoisotopic (exact) mass is 547 g/mol. The van der Waals surface area contributed by atoms with Gasteiger partial charge in [-0.25, -0.2) is 9.69 Å². The zero-order chi connectivity index (χ0) is 29.8. The molecule has 0 fully saturated rings. The maximum atomic E-state index is 9.77. The van der Waals surface area contributed by atoms with Crippen LogP contribution in [0.4, 0.5) is 28.4 Å². The Hall–Kier alpha value is -6.66. The Morgan fingerprint density at radius 2 is 1.07 bits per heavy atom. The van der Waals surface area contributed by atoms with Crippen LogP contribution in [0.25, 0.3) is 42.7 Å². The van der Waals surface area contributed by atoms with E-state index in [1.807, 2.05) is 84.9 Å². The largest absolute Gasteiger partial charge is 0.310 e. The highest BCUT2D eigenvalue weighted by atomic mass is 15.1. The molecule has 6 aromatic carbocycles. The fraction of sp³-hybridized carbons (Fsp3) is 0. The second kappa shape index (κ2) is 11.4. The van der Waals surface area contributed by atoms with Crippen molar-refractivity contribution in [2.24, 2.45) is 0 Å². The summed E-state index contributed by atoms with van der Waals surface area (Å²) in [7, 11) is 0. The van der Waals surface area contributed by atoms with E-state index in [0.717, 1.165) is 50.1 Å². The van der Waals surface area contributed by atoms with Gasteiger partial charge in [-0.3, -0.25) is 0 Å². The van der Waals surface area contributed by atoms with E-state index in [1.165, 1.54) is 0 Å². The predicted octanol–water partition coefficient (Wildman–Crippen LogP) is 10.5. The minimum atomic E-state index is 0.424. The van der Waals surface area contributed by atoms with Gasteiger partial charge in [0.25, 0.3) is 0 Å². The van der Waals surface area contributed by atoms with Crippen molar-refractivity contribution in [3.8, 4) is 34.4 Å². The van der Waals surface area contributed by atoms with Gasteiger partial charge in [0.15, 0.2) is 11.4 Å². The van der Waals surface area contributed by atoms with Crippen LogP contribution in [0.2, 0.25) is 0 Å². The van der Waals surface area contributed by atoms with E-state index in [4.69, 9.17) is 13.1 Å². The van der Waals surface area contributed by atoms with Crippen LogP contribution in [0.15, 0.2) is 127 Å². The van der Waals surface area contributed by atoms with Crippen LogP contribution in [0.5, 0.6) is 0 Å². The van der Waals surface area contributed by atoms with Gasteiger partial charge >= 0.3 is 0 Å². The normalized spacial score (nSPS) is 10.2. The first-order chi connectivity index (χ1) is 21.1. The molecule has 0 unspecified atom stereocenters. The quantitative estimate of drug-likeness (QED) is 0.202. The highest BCUT2D eigenvalue weighted by Gasteiger charge is 2.17. The summed E-state index contributed by atoms with van der Waals surface area (Å²) in [5, 5.41) is 21.0. The van der Waals surface area contributed by atoms with Gasteiger partial charge < -0.3 is 4.90 Å². The molecule has 0 aliphatic carbocycles. The van der Waals surface area contributed by atoms with Crippen LogP contribution >= 0.6 is 0 Å². The number of fused-ring (bicyclic) bond motifs is 1. The Bertz CT molecular complexity index is 2120. The Balaban J connectivity index is 1.47. The minimum Gasteiger partial charge on any atom is -0.310 e. The van der Waals surface area contributed by atoms with Crippen LogP contribution in [0.1, 0.15) is 11.1 Å². The van der Waals surface area contributed by atoms with E-state index in [2.05, 4.69) is 51.0 Å². The topological polar surface area (TPSA) is 59.5 Å². The average molecular weight is 548 g/mol. The Morgan fingerprint density at radius 3 is 1.63 bits per heavy atom. The fourth-order valence-corrected chi connectivity index (χ4v) is 5.24. The zero-order valence-corrected chi connectivity index (χ0v) is 22.9. The number of rotatable bonds is 5. The van der Waals surface area contributed by atoms with Crippen LogP contribution in [0.3, 0.4) is 0 Å². The Morgan fingerprint density at radius 1 is 0.512 bits per heavy atom. The number of nitriles is 2. The number of hydrogen-bond acceptors (Lipinski definition) is 3. The van der Waals surface area contributed by atoms with Crippen molar-refractivity contribution in [2.75, 3.05) is 4.90 Å². The molecule has 0 radical (unpaired) electrons. The number of anilines is 3. The summed E-state index contributed by atoms with van der Waals surface area (Å²) in [5.41, 5.74) is 8.63. The van der Waals surface area contributed by atoms with E-state index in [-0.39, 0.29) is 0 Å². The second-order valence-electron chi connectivity index (χ2n) is 9.87. The van der Waals surface area contributed by atoms with Crippen molar-refractivity contribution in [2.45, 2.75) is 0 Å². The number of nitrogens with zero attached hydrogens (tertiary/aromatic N) is 5. The van der Waals surface area contributed by atoms with Crippen LogP contribution in [-0.4, -0.2) is 0 Å². The molecule has 0 spiro atoms. The van der Waals surface area contributed by atoms with Gasteiger partial charge in [-0.2, -0.15) is 10.5 Å². The average Bonchev–Trinajstić information content (AvgIpc) is 3.08. The van der Waals surface area contributed by atoms with Crippen molar-refractivity contribution >= 4 is 39.2 Å². The third kappa shape index (κ3) is 5.15. The predicted molar refractivity (Wildman–Crippen MR) is 171 cm³/mol. The first kappa shape index (κ1) is 26.6. The SMILES string of the molecule is [C-]#[N+]c1ccc(-c2ccc(N(c3ccc(-c4cc(C#N)cc([N+]#[C-])c4)cc3)c3ccc(C#N)c4ccccc34)cc2)cc1. The van der Waals surface area contributed by atoms with E-state index in [1.54, 1.807) is 18.2 Å². The first-order valence-corrected chi connectivity index (χ1v) is 13.4. The summed E-state index contributed by atoms with van der Waals surface area (Å²) >= 11 is 0. The van der Waals surface area contributed by atoms with Gasteiger partial charge in [-0.05, 0) is 76.9 Å². The third-order valence-corrected chi connectivity index (χ3v) is 7.35. The summed E-state index contributed by atoms with van der Waals surface area (Å²) < 4.78 is 0. The maximum Gasteiger partial charge on any atom is 0.189 e. The first-order valence-electron chi connectivity index (χ1n) is 13.4. The molecule has 0 amide bonds. The molecular weight excluding hydrogens is 526 g/mol. The van der Waals surface area contributed by atoms with Crippen LogP contribution in [0, 0.1) is 35.8 Å². The molecule has 5 heteroatoms. The second-order valence-corrected chi connectivity index (χ2v) is 9.87. The summed E-state index contributed by atoms with van der Waals surface area (Å²) in [4.78, 5) is 9.17. The molecule has 0 saturated carbocycles. The molecule has 0 atom stereocenters. The van der Waals surface area contributed by atoms with Gasteiger partial charge in [0, 0.05) is 27.7 Å². The summed E-state index contributed by atoms with van der Waals surface area (Å²) in [6.07, 6.45) is 0. The molecule has 0 bridgehead atoms. The number of benzene rings is 6. The lowest BCUT2D eigenvalue weighted by atomic mass is 10.00. The Labute approximate surface area is 250 Å². The lowest BCUT2D eigenvalue weighted by Crippen LogP contribution is -2.10. The molecule has 0 saturated heterocycles. The van der Waals surface area contributed by atoms with Crippen LogP contribution in [-0.2, 0) is 0 Å². The lowest BCUT2D eigenvalue weighted by molar-refractivity contribution is 1.30. The van der Waals surface area contributed by atoms with Gasteiger partial charge in [0.1, 0.15) is 0 Å². The van der Waals surface area contributed by atoms with E-state index >= 15 is 0 Å². The molecule has 0 aliphatic rings. The van der Waals surface area contributed by atoms with Crippen molar-refractivity contribution in [3.63, 3.8) is 0 Å². The van der Waals surface area contributed by atoms with Gasteiger partial charge in [-0.1, -0.05) is 72.8 Å².